The Hall–Kier alpha value is -2.32. The molecule has 0 unspecified atom stereocenters. The van der Waals surface area contributed by atoms with Crippen LogP contribution in [0.4, 0.5) is 0 Å². The maximum absolute atomic E-state index is 13.4. The quantitative estimate of drug-likeness (QED) is 0.529. The normalized spacial score (nSPS) is 18.8. The van der Waals surface area contributed by atoms with Crippen LogP contribution in [0.25, 0.3) is 0 Å². The maximum Gasteiger partial charge on any atom is 0.304 e. The van der Waals surface area contributed by atoms with Crippen molar-refractivity contribution in [2.45, 2.75) is 57.7 Å². The maximum atomic E-state index is 13.4. The van der Waals surface area contributed by atoms with Gasteiger partial charge in [0, 0.05) is 50.4 Å². The number of aliphatic carboxylic acids is 1. The average Bonchev–Trinajstić information content (AvgIpc) is 2.71. The minimum atomic E-state index is -0.806. The van der Waals surface area contributed by atoms with E-state index < -0.39 is 5.97 Å². The van der Waals surface area contributed by atoms with E-state index in [0.717, 1.165) is 19.3 Å². The standard InChI is InChI=1S/C22H34N2O6/c1-15(2)24(18-8-7-17(23-14-18)13-21(25)26)22(27)16-6-9-19(29-4)20(12-16)30-11-5-10-28-3/h6,9,12,15,17-18,23H,5,7-8,10-11,13-14H2,1-4H3,(H,25,26)/t17-,18+/m0/s1. The number of nitrogens with zero attached hydrogens (tertiary/aromatic N) is 1. The highest BCUT2D eigenvalue weighted by Crippen LogP contribution is 2.30. The molecule has 1 aromatic rings. The molecular formula is C22H34N2O6. The van der Waals surface area contributed by atoms with Gasteiger partial charge in [-0.15, -0.1) is 0 Å². The zero-order chi connectivity index (χ0) is 22.1. The van der Waals surface area contributed by atoms with Gasteiger partial charge in [0.05, 0.1) is 20.1 Å². The highest BCUT2D eigenvalue weighted by atomic mass is 16.5. The van der Waals surface area contributed by atoms with E-state index in [9.17, 15) is 9.59 Å². The van der Waals surface area contributed by atoms with E-state index in [2.05, 4.69) is 5.32 Å². The van der Waals surface area contributed by atoms with Gasteiger partial charge >= 0.3 is 5.97 Å². The molecule has 2 rings (SSSR count). The molecule has 2 atom stereocenters. The van der Waals surface area contributed by atoms with Crippen LogP contribution in [0.1, 0.15) is 49.9 Å². The molecule has 0 saturated carbocycles. The van der Waals surface area contributed by atoms with Gasteiger partial charge in [0.1, 0.15) is 0 Å². The zero-order valence-electron chi connectivity index (χ0n) is 18.3. The van der Waals surface area contributed by atoms with Crippen molar-refractivity contribution in [1.82, 2.24) is 10.2 Å². The highest BCUT2D eigenvalue weighted by molar-refractivity contribution is 5.95. The summed E-state index contributed by atoms with van der Waals surface area (Å²) in [5.74, 6) is 0.235. The number of carbonyl (C=O) groups excluding carboxylic acids is 1. The molecule has 0 aromatic heterocycles. The van der Waals surface area contributed by atoms with E-state index in [-0.39, 0.29) is 30.5 Å². The number of carboxylic acid groups (broad SMARTS) is 1. The number of hydrogen-bond acceptors (Lipinski definition) is 6. The second-order valence-corrected chi connectivity index (χ2v) is 7.80. The van der Waals surface area contributed by atoms with E-state index in [1.165, 1.54) is 0 Å². The van der Waals surface area contributed by atoms with Gasteiger partial charge in [-0.3, -0.25) is 9.59 Å². The van der Waals surface area contributed by atoms with Gasteiger partial charge in [0.25, 0.3) is 5.91 Å². The SMILES string of the molecule is COCCCOc1cc(C(=O)N(C(C)C)[C@@H]2CC[C@@H](CC(=O)O)NC2)ccc1OC. The summed E-state index contributed by atoms with van der Waals surface area (Å²) in [7, 11) is 3.21. The molecule has 1 aliphatic heterocycles. The number of hydrogen-bond donors (Lipinski definition) is 2. The van der Waals surface area contributed by atoms with Crippen LogP contribution in [0.15, 0.2) is 18.2 Å². The molecule has 2 N–H and O–H groups in total. The summed E-state index contributed by atoms with van der Waals surface area (Å²) in [6, 6.07) is 5.20. The molecule has 8 heteroatoms. The van der Waals surface area contributed by atoms with Crippen molar-refractivity contribution in [3.05, 3.63) is 23.8 Å². The summed E-state index contributed by atoms with van der Waals surface area (Å²) < 4.78 is 16.2. The Balaban J connectivity index is 2.12. The number of benzene rings is 1. The molecule has 1 fully saturated rings. The predicted octanol–water partition coefficient (Wildman–Crippen LogP) is 2.56. The first kappa shape index (κ1) is 24.0. The topological polar surface area (TPSA) is 97.3 Å². The van der Waals surface area contributed by atoms with Crippen LogP contribution in [0, 0.1) is 0 Å². The minimum absolute atomic E-state index is 0.00787. The monoisotopic (exact) mass is 422 g/mol. The first-order chi connectivity index (χ1) is 14.4. The number of rotatable bonds is 11. The fourth-order valence-electron chi connectivity index (χ4n) is 3.80. The number of methoxy groups -OCH3 is 2. The minimum Gasteiger partial charge on any atom is -0.493 e. The van der Waals surface area contributed by atoms with Crippen molar-refractivity contribution in [3.63, 3.8) is 0 Å². The molecule has 0 spiro atoms. The molecule has 1 saturated heterocycles. The number of piperidine rings is 1. The van der Waals surface area contributed by atoms with E-state index >= 15 is 0 Å². The molecule has 1 heterocycles. The summed E-state index contributed by atoms with van der Waals surface area (Å²) in [5, 5.41) is 12.3. The largest absolute Gasteiger partial charge is 0.493 e. The molecule has 1 aliphatic rings. The van der Waals surface area contributed by atoms with E-state index in [1.54, 1.807) is 32.4 Å². The van der Waals surface area contributed by atoms with Gasteiger partial charge in [-0.2, -0.15) is 0 Å². The van der Waals surface area contributed by atoms with Crippen LogP contribution in [-0.4, -0.2) is 74.0 Å². The fourth-order valence-corrected chi connectivity index (χ4v) is 3.80. The summed E-state index contributed by atoms with van der Waals surface area (Å²) in [6.45, 7) is 5.63. The third-order valence-corrected chi connectivity index (χ3v) is 5.26. The first-order valence-corrected chi connectivity index (χ1v) is 10.4. The Morgan fingerprint density at radius 1 is 1.20 bits per heavy atom. The van der Waals surface area contributed by atoms with Gasteiger partial charge in [-0.25, -0.2) is 0 Å². The van der Waals surface area contributed by atoms with Crippen molar-refractivity contribution in [2.24, 2.45) is 0 Å². The Kier molecular flexibility index (Phi) is 9.39. The second kappa shape index (κ2) is 11.8. The smallest absolute Gasteiger partial charge is 0.304 e. The Morgan fingerprint density at radius 2 is 1.97 bits per heavy atom. The Morgan fingerprint density at radius 3 is 2.53 bits per heavy atom. The summed E-state index contributed by atoms with van der Waals surface area (Å²) in [4.78, 5) is 26.2. The molecule has 168 valence electrons. The molecule has 0 aliphatic carbocycles. The van der Waals surface area contributed by atoms with Gasteiger partial charge in [0.15, 0.2) is 11.5 Å². The predicted molar refractivity (Wildman–Crippen MR) is 113 cm³/mol. The highest BCUT2D eigenvalue weighted by Gasteiger charge is 2.31. The third kappa shape index (κ3) is 6.60. The first-order valence-electron chi connectivity index (χ1n) is 10.4. The van der Waals surface area contributed by atoms with Gasteiger partial charge in [-0.1, -0.05) is 0 Å². The number of ether oxygens (including phenoxy) is 3. The lowest BCUT2D eigenvalue weighted by Gasteiger charge is -2.39. The van der Waals surface area contributed by atoms with Crippen molar-refractivity contribution < 1.29 is 28.9 Å². The van der Waals surface area contributed by atoms with E-state index in [1.807, 2.05) is 18.7 Å². The number of carboxylic acids is 1. The fraction of sp³-hybridized carbons (Fsp3) is 0.636. The summed E-state index contributed by atoms with van der Waals surface area (Å²) >= 11 is 0. The zero-order valence-corrected chi connectivity index (χ0v) is 18.3. The van der Waals surface area contributed by atoms with Crippen LogP contribution in [0.5, 0.6) is 11.5 Å². The molecule has 0 radical (unpaired) electrons. The average molecular weight is 423 g/mol. The Labute approximate surface area is 178 Å². The van der Waals surface area contributed by atoms with Gasteiger partial charge < -0.3 is 29.5 Å². The lowest BCUT2D eigenvalue weighted by atomic mass is 9.96. The number of amides is 1. The summed E-state index contributed by atoms with van der Waals surface area (Å²) in [6.07, 6.45) is 2.33. The van der Waals surface area contributed by atoms with Crippen molar-refractivity contribution >= 4 is 11.9 Å². The van der Waals surface area contributed by atoms with E-state index in [4.69, 9.17) is 19.3 Å². The van der Waals surface area contributed by atoms with Gasteiger partial charge in [-0.05, 0) is 44.9 Å². The third-order valence-electron chi connectivity index (χ3n) is 5.26. The lowest BCUT2D eigenvalue weighted by molar-refractivity contribution is -0.137. The van der Waals surface area contributed by atoms with Crippen molar-refractivity contribution in [2.75, 3.05) is 34.0 Å². The van der Waals surface area contributed by atoms with Crippen molar-refractivity contribution in [3.8, 4) is 11.5 Å². The molecule has 0 bridgehead atoms. The lowest BCUT2D eigenvalue weighted by Crippen LogP contribution is -2.54. The molecule has 8 nitrogen and oxygen atoms in total. The molecule has 30 heavy (non-hydrogen) atoms. The van der Waals surface area contributed by atoms with Crippen molar-refractivity contribution in [1.29, 1.82) is 0 Å². The summed E-state index contributed by atoms with van der Waals surface area (Å²) in [5.41, 5.74) is 0.541. The van der Waals surface area contributed by atoms with Crippen LogP contribution < -0.4 is 14.8 Å². The van der Waals surface area contributed by atoms with E-state index in [0.29, 0.717) is 36.8 Å². The number of carbonyl (C=O) groups is 2. The second-order valence-electron chi connectivity index (χ2n) is 7.80. The van der Waals surface area contributed by atoms with Crippen LogP contribution in [0.3, 0.4) is 0 Å². The van der Waals surface area contributed by atoms with Gasteiger partial charge in [0.2, 0.25) is 0 Å². The molecule has 1 amide bonds. The van der Waals surface area contributed by atoms with Crippen LogP contribution in [0.2, 0.25) is 0 Å². The Bertz CT molecular complexity index is 701. The van der Waals surface area contributed by atoms with Crippen LogP contribution >= 0.6 is 0 Å². The van der Waals surface area contributed by atoms with Crippen LogP contribution in [-0.2, 0) is 9.53 Å². The number of nitrogens with one attached hydrogen (secondary N) is 1. The molecule has 1 aromatic carbocycles. The molecular weight excluding hydrogens is 388 g/mol.